The number of carbonyl (C=O) groups is 1. The number of alkyl halides is 3. The van der Waals surface area contributed by atoms with Gasteiger partial charge in [-0.05, 0) is 25.1 Å². The fourth-order valence-electron chi connectivity index (χ4n) is 1.27. The molecule has 1 amide bonds. The predicted molar refractivity (Wildman–Crippen MR) is 55.0 cm³/mol. The van der Waals surface area contributed by atoms with Crippen LogP contribution >= 0.6 is 0 Å². The van der Waals surface area contributed by atoms with Gasteiger partial charge in [0, 0.05) is 0 Å². The second-order valence-electron chi connectivity index (χ2n) is 3.39. The Balaban J connectivity index is 2.75. The lowest BCUT2D eigenvalue weighted by Gasteiger charge is -2.21. The fraction of sp³-hybridized carbons (Fsp3) is 0.364. The molecule has 0 saturated heterocycles. The summed E-state index contributed by atoms with van der Waals surface area (Å²) < 4.78 is 41.8. The zero-order valence-corrected chi connectivity index (χ0v) is 9.20. The first-order chi connectivity index (χ1) is 7.92. The first-order valence-corrected chi connectivity index (χ1v) is 4.93. The molecule has 0 atom stereocenters. The van der Waals surface area contributed by atoms with Crippen LogP contribution in [0.5, 0.6) is 0 Å². The van der Waals surface area contributed by atoms with Gasteiger partial charge in [0.1, 0.15) is 12.3 Å². The van der Waals surface area contributed by atoms with Crippen LogP contribution in [0.2, 0.25) is 0 Å². The summed E-state index contributed by atoms with van der Waals surface area (Å²) in [6.45, 7) is 0.0725. The summed E-state index contributed by atoms with van der Waals surface area (Å²) in [6, 6.07) is 3.08. The Morgan fingerprint density at radius 1 is 1.53 bits per heavy atom. The molecule has 0 aromatic carbocycles. The van der Waals surface area contributed by atoms with Crippen molar-refractivity contribution < 1.29 is 22.4 Å². The van der Waals surface area contributed by atoms with Crippen molar-refractivity contribution in [2.24, 2.45) is 0 Å². The number of hydrogen-bond acceptors (Lipinski definition) is 2. The maximum atomic E-state index is 12.3. The molecule has 0 bridgehead atoms. The maximum Gasteiger partial charge on any atom is 0.406 e. The van der Waals surface area contributed by atoms with Crippen LogP contribution in [0.3, 0.4) is 0 Å². The van der Waals surface area contributed by atoms with E-state index in [4.69, 9.17) is 4.42 Å². The summed E-state index contributed by atoms with van der Waals surface area (Å²) in [5.74, 6) is -0.381. The quantitative estimate of drug-likeness (QED) is 0.766. The standard InChI is InChI=1S/C11H12F3NO2/c1-2-4-10(16)15(8-11(12,13)14)7-9-5-3-6-17-9/h2-6H,7-8H2,1H3. The third-order valence-electron chi connectivity index (χ3n) is 1.92. The van der Waals surface area contributed by atoms with Crippen molar-refractivity contribution in [3.05, 3.63) is 36.3 Å². The van der Waals surface area contributed by atoms with Gasteiger partial charge in [0.2, 0.25) is 5.91 Å². The van der Waals surface area contributed by atoms with Gasteiger partial charge in [0.05, 0.1) is 12.8 Å². The minimum atomic E-state index is -4.43. The number of halogens is 3. The maximum absolute atomic E-state index is 12.3. The highest BCUT2D eigenvalue weighted by atomic mass is 19.4. The molecular formula is C11H12F3NO2. The summed E-state index contributed by atoms with van der Waals surface area (Å²) in [5, 5.41) is 0. The highest BCUT2D eigenvalue weighted by Gasteiger charge is 2.32. The van der Waals surface area contributed by atoms with Gasteiger partial charge in [-0.3, -0.25) is 4.79 Å². The van der Waals surface area contributed by atoms with Crippen LogP contribution in [-0.4, -0.2) is 23.5 Å². The molecule has 1 heterocycles. The van der Waals surface area contributed by atoms with Gasteiger partial charge in [-0.2, -0.15) is 13.2 Å². The molecule has 1 aromatic rings. The van der Waals surface area contributed by atoms with E-state index in [9.17, 15) is 18.0 Å². The Labute approximate surface area is 96.5 Å². The molecule has 0 fully saturated rings. The highest BCUT2D eigenvalue weighted by Crippen LogP contribution is 2.18. The Morgan fingerprint density at radius 3 is 2.71 bits per heavy atom. The average molecular weight is 247 g/mol. The molecule has 0 saturated carbocycles. The second-order valence-corrected chi connectivity index (χ2v) is 3.39. The molecule has 1 aromatic heterocycles. The van der Waals surface area contributed by atoms with E-state index in [1.54, 1.807) is 13.0 Å². The van der Waals surface area contributed by atoms with Gasteiger partial charge < -0.3 is 9.32 Å². The van der Waals surface area contributed by atoms with Crippen molar-refractivity contribution in [1.29, 1.82) is 0 Å². The zero-order chi connectivity index (χ0) is 12.9. The smallest absolute Gasteiger partial charge is 0.406 e. The van der Waals surface area contributed by atoms with Gasteiger partial charge >= 0.3 is 6.18 Å². The molecule has 3 nitrogen and oxygen atoms in total. The van der Waals surface area contributed by atoms with Crippen molar-refractivity contribution in [2.45, 2.75) is 19.6 Å². The summed E-state index contributed by atoms with van der Waals surface area (Å²) in [7, 11) is 0. The molecule has 1 rings (SSSR count). The molecule has 0 N–H and O–H groups in total. The highest BCUT2D eigenvalue weighted by molar-refractivity contribution is 5.87. The van der Waals surface area contributed by atoms with Crippen molar-refractivity contribution in [3.8, 4) is 0 Å². The van der Waals surface area contributed by atoms with Crippen LogP contribution in [0.15, 0.2) is 35.0 Å². The van der Waals surface area contributed by atoms with Crippen LogP contribution in [0.25, 0.3) is 0 Å². The van der Waals surface area contributed by atoms with E-state index in [2.05, 4.69) is 0 Å². The van der Waals surface area contributed by atoms with Crippen molar-refractivity contribution in [2.75, 3.05) is 6.54 Å². The molecule has 94 valence electrons. The molecule has 6 heteroatoms. The van der Waals surface area contributed by atoms with E-state index < -0.39 is 18.6 Å². The number of nitrogens with zero attached hydrogens (tertiary/aromatic N) is 1. The van der Waals surface area contributed by atoms with E-state index in [0.29, 0.717) is 10.7 Å². The van der Waals surface area contributed by atoms with Crippen LogP contribution < -0.4 is 0 Å². The largest absolute Gasteiger partial charge is 0.467 e. The van der Waals surface area contributed by atoms with Crippen LogP contribution in [-0.2, 0) is 11.3 Å². The second kappa shape index (κ2) is 5.56. The van der Waals surface area contributed by atoms with Crippen molar-refractivity contribution in [1.82, 2.24) is 4.90 Å². The van der Waals surface area contributed by atoms with Crippen LogP contribution in [0, 0.1) is 0 Å². The first-order valence-electron chi connectivity index (χ1n) is 4.93. The summed E-state index contributed by atoms with van der Waals surface area (Å²) >= 11 is 0. The molecule has 0 unspecified atom stereocenters. The summed E-state index contributed by atoms with van der Waals surface area (Å²) in [4.78, 5) is 12.1. The normalized spacial score (nSPS) is 12.0. The zero-order valence-electron chi connectivity index (χ0n) is 9.20. The number of carbonyl (C=O) groups excluding carboxylic acids is 1. The minimum absolute atomic E-state index is 0.199. The minimum Gasteiger partial charge on any atom is -0.467 e. The Bertz CT molecular complexity index is 382. The van der Waals surface area contributed by atoms with Gasteiger partial charge in [0.15, 0.2) is 0 Å². The number of rotatable bonds is 4. The topological polar surface area (TPSA) is 33.5 Å². The van der Waals surface area contributed by atoms with Crippen molar-refractivity contribution in [3.63, 3.8) is 0 Å². The fourth-order valence-corrected chi connectivity index (χ4v) is 1.27. The lowest BCUT2D eigenvalue weighted by molar-refractivity contribution is -0.159. The van der Waals surface area contributed by atoms with E-state index in [1.165, 1.54) is 18.4 Å². The average Bonchev–Trinajstić information content (AvgIpc) is 2.67. The summed E-state index contributed by atoms with van der Waals surface area (Å²) in [5.41, 5.74) is 0. The Morgan fingerprint density at radius 2 is 2.24 bits per heavy atom. The van der Waals surface area contributed by atoms with Crippen LogP contribution in [0.1, 0.15) is 12.7 Å². The lowest BCUT2D eigenvalue weighted by atomic mass is 10.3. The molecule has 17 heavy (non-hydrogen) atoms. The molecular weight excluding hydrogens is 235 g/mol. The van der Waals surface area contributed by atoms with Gasteiger partial charge in [-0.25, -0.2) is 0 Å². The third kappa shape index (κ3) is 4.76. The molecule has 0 radical (unpaired) electrons. The SMILES string of the molecule is CC=CC(=O)N(Cc1ccco1)CC(F)(F)F. The van der Waals surface area contributed by atoms with E-state index in [-0.39, 0.29) is 6.54 Å². The van der Waals surface area contributed by atoms with E-state index in [1.807, 2.05) is 0 Å². The molecule has 0 aliphatic rings. The third-order valence-corrected chi connectivity index (χ3v) is 1.92. The summed E-state index contributed by atoms with van der Waals surface area (Å²) in [6.07, 6.45) is -0.590. The molecule has 0 spiro atoms. The number of furan rings is 1. The van der Waals surface area contributed by atoms with Gasteiger partial charge in [0.25, 0.3) is 0 Å². The van der Waals surface area contributed by atoms with Gasteiger partial charge in [-0.15, -0.1) is 0 Å². The van der Waals surface area contributed by atoms with Crippen molar-refractivity contribution >= 4 is 5.91 Å². The number of allylic oxidation sites excluding steroid dienone is 1. The van der Waals surface area contributed by atoms with Gasteiger partial charge in [-0.1, -0.05) is 6.08 Å². The number of amides is 1. The number of hydrogen-bond donors (Lipinski definition) is 0. The predicted octanol–water partition coefficient (Wildman–Crippen LogP) is 2.75. The monoisotopic (exact) mass is 247 g/mol. The van der Waals surface area contributed by atoms with Crippen LogP contribution in [0.4, 0.5) is 13.2 Å². The molecule has 0 aliphatic carbocycles. The lowest BCUT2D eigenvalue weighted by Crippen LogP contribution is -2.37. The Kier molecular flexibility index (Phi) is 4.37. The Hall–Kier alpha value is -1.72. The van der Waals surface area contributed by atoms with E-state index >= 15 is 0 Å². The first kappa shape index (κ1) is 13.3. The van der Waals surface area contributed by atoms with E-state index in [0.717, 1.165) is 6.08 Å². The molecule has 0 aliphatic heterocycles.